The SMILES string of the molecule is O=[N+]([O-])c1c(-c2ccccc2)cc(-c2ccccc2)c2c1CCCC2. The third kappa shape index (κ3) is 2.82. The van der Waals surface area contributed by atoms with E-state index in [0.717, 1.165) is 59.1 Å². The molecule has 3 aromatic carbocycles. The van der Waals surface area contributed by atoms with Crippen molar-refractivity contribution < 1.29 is 4.92 Å². The van der Waals surface area contributed by atoms with Gasteiger partial charge in [0.05, 0.1) is 10.5 Å². The van der Waals surface area contributed by atoms with Crippen LogP contribution in [-0.2, 0) is 12.8 Å². The second-order valence-corrected chi connectivity index (χ2v) is 6.47. The molecular weight excluding hydrogens is 310 g/mol. The van der Waals surface area contributed by atoms with Crippen LogP contribution in [0.2, 0.25) is 0 Å². The fourth-order valence-electron chi connectivity index (χ4n) is 3.85. The van der Waals surface area contributed by atoms with Crippen LogP contribution >= 0.6 is 0 Å². The Morgan fingerprint density at radius 1 is 0.720 bits per heavy atom. The van der Waals surface area contributed by atoms with Gasteiger partial charge in [-0.25, -0.2) is 0 Å². The van der Waals surface area contributed by atoms with E-state index >= 15 is 0 Å². The first-order valence-electron chi connectivity index (χ1n) is 8.69. The van der Waals surface area contributed by atoms with Crippen LogP contribution in [-0.4, -0.2) is 4.92 Å². The molecule has 4 rings (SSSR count). The van der Waals surface area contributed by atoms with E-state index in [0.29, 0.717) is 5.69 Å². The molecule has 0 fully saturated rings. The van der Waals surface area contributed by atoms with Crippen molar-refractivity contribution in [2.24, 2.45) is 0 Å². The lowest BCUT2D eigenvalue weighted by Gasteiger charge is -2.22. The molecule has 0 saturated carbocycles. The maximum Gasteiger partial charge on any atom is 0.280 e. The van der Waals surface area contributed by atoms with Crippen molar-refractivity contribution in [3.05, 3.63) is 88.0 Å². The number of benzene rings is 3. The average Bonchev–Trinajstić information content (AvgIpc) is 2.68. The zero-order valence-electron chi connectivity index (χ0n) is 13.9. The van der Waals surface area contributed by atoms with Crippen LogP contribution in [0, 0.1) is 10.1 Å². The lowest BCUT2D eigenvalue weighted by Crippen LogP contribution is -2.09. The Morgan fingerprint density at radius 2 is 1.24 bits per heavy atom. The summed E-state index contributed by atoms with van der Waals surface area (Å²) in [6.07, 6.45) is 3.80. The number of rotatable bonds is 3. The maximum absolute atomic E-state index is 11.9. The van der Waals surface area contributed by atoms with Gasteiger partial charge in [-0.2, -0.15) is 0 Å². The van der Waals surface area contributed by atoms with Crippen molar-refractivity contribution in [3.63, 3.8) is 0 Å². The molecule has 0 aromatic heterocycles. The standard InChI is InChI=1S/C22H19NO2/c24-23(25)22-19-14-8-7-13-18(19)20(16-9-3-1-4-10-16)15-21(22)17-11-5-2-6-12-17/h1-6,9-12,15H,7-8,13-14H2. The van der Waals surface area contributed by atoms with Crippen molar-refractivity contribution in [1.29, 1.82) is 0 Å². The number of fused-ring (bicyclic) bond motifs is 1. The molecular formula is C22H19NO2. The molecule has 25 heavy (non-hydrogen) atoms. The van der Waals surface area contributed by atoms with E-state index in [1.54, 1.807) is 0 Å². The van der Waals surface area contributed by atoms with Gasteiger partial charge in [0.25, 0.3) is 5.69 Å². The van der Waals surface area contributed by atoms with E-state index in [9.17, 15) is 10.1 Å². The number of hydrogen-bond acceptors (Lipinski definition) is 2. The molecule has 0 bridgehead atoms. The molecule has 0 heterocycles. The van der Waals surface area contributed by atoms with Gasteiger partial charge >= 0.3 is 0 Å². The molecule has 1 aliphatic carbocycles. The van der Waals surface area contributed by atoms with Gasteiger partial charge in [-0.05, 0) is 54.0 Å². The molecule has 0 amide bonds. The van der Waals surface area contributed by atoms with Gasteiger partial charge in [-0.3, -0.25) is 10.1 Å². The first kappa shape index (κ1) is 15.6. The second kappa shape index (κ2) is 6.52. The van der Waals surface area contributed by atoms with Crippen molar-refractivity contribution in [2.45, 2.75) is 25.7 Å². The predicted octanol–water partition coefficient (Wildman–Crippen LogP) is 5.81. The van der Waals surface area contributed by atoms with Crippen molar-refractivity contribution >= 4 is 5.69 Å². The van der Waals surface area contributed by atoms with Gasteiger partial charge in [0, 0.05) is 5.56 Å². The normalized spacial score (nSPS) is 13.3. The van der Waals surface area contributed by atoms with Crippen LogP contribution in [0.5, 0.6) is 0 Å². The summed E-state index contributed by atoms with van der Waals surface area (Å²) in [5.74, 6) is 0. The molecule has 1 aliphatic rings. The van der Waals surface area contributed by atoms with Gasteiger partial charge in [0.2, 0.25) is 0 Å². The third-order valence-electron chi connectivity index (χ3n) is 4.97. The molecule has 3 heteroatoms. The molecule has 0 N–H and O–H groups in total. The van der Waals surface area contributed by atoms with Crippen LogP contribution in [0.4, 0.5) is 5.69 Å². The minimum atomic E-state index is -0.193. The lowest BCUT2D eigenvalue weighted by atomic mass is 9.82. The molecule has 0 unspecified atom stereocenters. The predicted molar refractivity (Wildman–Crippen MR) is 101 cm³/mol. The van der Waals surface area contributed by atoms with Crippen LogP contribution in [0.15, 0.2) is 66.7 Å². The van der Waals surface area contributed by atoms with E-state index in [1.165, 1.54) is 0 Å². The van der Waals surface area contributed by atoms with Crippen LogP contribution in [0.3, 0.4) is 0 Å². The molecule has 0 aliphatic heterocycles. The van der Waals surface area contributed by atoms with Crippen molar-refractivity contribution in [1.82, 2.24) is 0 Å². The molecule has 124 valence electrons. The highest BCUT2D eigenvalue weighted by atomic mass is 16.6. The number of nitro benzene ring substituents is 1. The average molecular weight is 329 g/mol. The zero-order chi connectivity index (χ0) is 17.2. The first-order chi connectivity index (χ1) is 12.3. The smallest absolute Gasteiger partial charge is 0.258 e. The molecule has 0 radical (unpaired) electrons. The largest absolute Gasteiger partial charge is 0.280 e. The van der Waals surface area contributed by atoms with E-state index < -0.39 is 0 Å². The Morgan fingerprint density at radius 3 is 1.80 bits per heavy atom. The van der Waals surface area contributed by atoms with Gasteiger partial charge in [-0.15, -0.1) is 0 Å². The first-order valence-corrected chi connectivity index (χ1v) is 8.69. The van der Waals surface area contributed by atoms with Crippen LogP contribution < -0.4 is 0 Å². The highest BCUT2D eigenvalue weighted by Gasteiger charge is 2.28. The minimum absolute atomic E-state index is 0.193. The quantitative estimate of drug-likeness (QED) is 0.449. The summed E-state index contributed by atoms with van der Waals surface area (Å²) in [5.41, 5.74) is 6.28. The van der Waals surface area contributed by atoms with E-state index in [4.69, 9.17) is 0 Å². The van der Waals surface area contributed by atoms with Gasteiger partial charge in [0.1, 0.15) is 0 Å². The van der Waals surface area contributed by atoms with Crippen molar-refractivity contribution in [3.8, 4) is 22.3 Å². The second-order valence-electron chi connectivity index (χ2n) is 6.47. The van der Waals surface area contributed by atoms with E-state index in [2.05, 4.69) is 12.1 Å². The number of nitro groups is 1. The zero-order valence-corrected chi connectivity index (χ0v) is 13.9. The Bertz CT molecular complexity index is 918. The molecule has 3 aromatic rings. The summed E-state index contributed by atoms with van der Waals surface area (Å²) in [5, 5.41) is 11.9. The Balaban J connectivity index is 2.05. The topological polar surface area (TPSA) is 43.1 Å². The summed E-state index contributed by atoms with van der Waals surface area (Å²) in [7, 11) is 0. The summed E-state index contributed by atoms with van der Waals surface area (Å²) in [6.45, 7) is 0. The molecule has 0 spiro atoms. The lowest BCUT2D eigenvalue weighted by molar-refractivity contribution is -0.384. The van der Waals surface area contributed by atoms with Crippen molar-refractivity contribution in [2.75, 3.05) is 0 Å². The highest BCUT2D eigenvalue weighted by molar-refractivity contribution is 5.84. The van der Waals surface area contributed by atoms with Crippen LogP contribution in [0.25, 0.3) is 22.3 Å². The van der Waals surface area contributed by atoms with E-state index in [1.807, 2.05) is 54.6 Å². The molecule has 0 atom stereocenters. The maximum atomic E-state index is 11.9. The fourth-order valence-corrected chi connectivity index (χ4v) is 3.85. The Hall–Kier alpha value is -2.94. The summed E-state index contributed by atoms with van der Waals surface area (Å²) >= 11 is 0. The number of nitrogens with zero attached hydrogens (tertiary/aromatic N) is 1. The Labute approximate surface area is 147 Å². The monoisotopic (exact) mass is 329 g/mol. The number of hydrogen-bond donors (Lipinski definition) is 0. The fraction of sp³-hybridized carbons (Fsp3) is 0.182. The third-order valence-corrected chi connectivity index (χ3v) is 4.97. The highest BCUT2D eigenvalue weighted by Crippen LogP contribution is 2.43. The van der Waals surface area contributed by atoms with E-state index in [-0.39, 0.29) is 4.92 Å². The van der Waals surface area contributed by atoms with Gasteiger partial charge < -0.3 is 0 Å². The summed E-state index contributed by atoms with van der Waals surface area (Å²) in [4.78, 5) is 11.7. The summed E-state index contributed by atoms with van der Waals surface area (Å²) < 4.78 is 0. The van der Waals surface area contributed by atoms with Gasteiger partial charge in [-0.1, -0.05) is 60.7 Å². The van der Waals surface area contributed by atoms with Crippen LogP contribution in [0.1, 0.15) is 24.0 Å². The molecule has 0 saturated heterocycles. The Kier molecular flexibility index (Phi) is 4.06. The van der Waals surface area contributed by atoms with Gasteiger partial charge in [0.15, 0.2) is 0 Å². The molecule has 3 nitrogen and oxygen atoms in total. The minimum Gasteiger partial charge on any atom is -0.258 e. The summed E-state index contributed by atoms with van der Waals surface area (Å²) in [6, 6.07) is 21.9.